The number of rotatable bonds is 4. The van der Waals surface area contributed by atoms with Crippen molar-refractivity contribution in [3.63, 3.8) is 0 Å². The third-order valence-electron chi connectivity index (χ3n) is 4.14. The van der Waals surface area contributed by atoms with Gasteiger partial charge in [0.1, 0.15) is 0 Å². The minimum Gasteiger partial charge on any atom is -0.395 e. The van der Waals surface area contributed by atoms with Gasteiger partial charge in [0, 0.05) is 34.8 Å². The van der Waals surface area contributed by atoms with E-state index in [9.17, 15) is 0 Å². The largest absolute Gasteiger partial charge is 0.395 e. The molecule has 2 rings (SSSR count). The Kier molecular flexibility index (Phi) is 6.09. The van der Waals surface area contributed by atoms with E-state index in [2.05, 4.69) is 42.2 Å². The smallest absolute Gasteiger partial charge is 0.0540 e. The van der Waals surface area contributed by atoms with E-state index in [1.165, 1.54) is 30.6 Å². The number of hydrogen-bond donors (Lipinski definition) is 1. The summed E-state index contributed by atoms with van der Waals surface area (Å²) in [6, 6.07) is 2.94. The van der Waals surface area contributed by atoms with E-state index in [1.807, 2.05) is 0 Å². The van der Waals surface area contributed by atoms with Crippen LogP contribution in [-0.4, -0.2) is 29.7 Å². The lowest BCUT2D eigenvalue weighted by Gasteiger charge is -2.33. The van der Waals surface area contributed by atoms with Crippen molar-refractivity contribution < 1.29 is 5.11 Å². The molecule has 1 N–H and O–H groups in total. The van der Waals surface area contributed by atoms with Crippen LogP contribution in [0.5, 0.6) is 0 Å². The summed E-state index contributed by atoms with van der Waals surface area (Å²) in [5, 5.41) is 10.8. The van der Waals surface area contributed by atoms with E-state index in [0.717, 1.165) is 24.1 Å². The Bertz CT molecular complexity index is 463. The fourth-order valence-electron chi connectivity index (χ4n) is 2.81. The van der Waals surface area contributed by atoms with Crippen molar-refractivity contribution in [1.82, 2.24) is 4.90 Å². The van der Waals surface area contributed by atoms with Crippen LogP contribution in [0.1, 0.15) is 49.5 Å². The first-order chi connectivity index (χ1) is 9.69. The molecule has 1 aromatic rings. The second-order valence-corrected chi connectivity index (χ2v) is 6.90. The second-order valence-electron chi connectivity index (χ2n) is 5.91. The Balaban J connectivity index is 1.85. The number of thiophene rings is 1. The fourth-order valence-corrected chi connectivity index (χ4v) is 3.69. The summed E-state index contributed by atoms with van der Waals surface area (Å²) in [7, 11) is 2.25. The van der Waals surface area contributed by atoms with Crippen LogP contribution in [0.3, 0.4) is 0 Å². The molecule has 0 aliphatic heterocycles. The standard InChI is InChI=1S/C17H25NOS/c1-14-6-8-16(9-7-14)18(2)12-17-11-15(13-20-17)5-3-4-10-19/h11,13-14,16,19H,4,6-10,12H2,1-2H3. The number of aliphatic hydroxyl groups excluding tert-OH is 1. The van der Waals surface area contributed by atoms with E-state index in [0.29, 0.717) is 6.42 Å². The van der Waals surface area contributed by atoms with Gasteiger partial charge >= 0.3 is 0 Å². The van der Waals surface area contributed by atoms with E-state index in [1.54, 1.807) is 11.3 Å². The quantitative estimate of drug-likeness (QED) is 0.858. The zero-order chi connectivity index (χ0) is 14.4. The highest BCUT2D eigenvalue weighted by atomic mass is 32.1. The molecule has 0 spiro atoms. The molecule has 1 saturated carbocycles. The molecule has 0 aromatic carbocycles. The first-order valence-corrected chi connectivity index (χ1v) is 8.44. The Morgan fingerprint density at radius 3 is 2.80 bits per heavy atom. The number of nitrogens with zero attached hydrogens (tertiary/aromatic N) is 1. The molecule has 0 radical (unpaired) electrons. The van der Waals surface area contributed by atoms with Gasteiger partial charge in [-0.25, -0.2) is 0 Å². The van der Waals surface area contributed by atoms with Crippen molar-refractivity contribution >= 4 is 11.3 Å². The van der Waals surface area contributed by atoms with Gasteiger partial charge in [-0.05, 0) is 44.7 Å². The average molecular weight is 291 g/mol. The maximum atomic E-state index is 8.72. The molecule has 1 fully saturated rings. The molecule has 0 atom stereocenters. The molecule has 2 nitrogen and oxygen atoms in total. The molecule has 1 aliphatic rings. The van der Waals surface area contributed by atoms with Gasteiger partial charge in [0.05, 0.1) is 6.61 Å². The molecule has 0 saturated heterocycles. The summed E-state index contributed by atoms with van der Waals surface area (Å²) >= 11 is 1.79. The predicted octanol–water partition coefficient (Wildman–Crippen LogP) is 3.49. The van der Waals surface area contributed by atoms with Crippen LogP contribution in [0.4, 0.5) is 0 Å². The summed E-state index contributed by atoms with van der Waals surface area (Å²) in [6.45, 7) is 3.55. The van der Waals surface area contributed by atoms with E-state index >= 15 is 0 Å². The van der Waals surface area contributed by atoms with Gasteiger partial charge < -0.3 is 5.11 Å². The van der Waals surface area contributed by atoms with Crippen LogP contribution < -0.4 is 0 Å². The highest BCUT2D eigenvalue weighted by Gasteiger charge is 2.21. The molecule has 0 unspecified atom stereocenters. The molecule has 1 heterocycles. The summed E-state index contributed by atoms with van der Waals surface area (Å²) < 4.78 is 0. The zero-order valence-electron chi connectivity index (χ0n) is 12.6. The number of aliphatic hydroxyl groups is 1. The highest BCUT2D eigenvalue weighted by molar-refractivity contribution is 7.10. The molecule has 20 heavy (non-hydrogen) atoms. The Hall–Kier alpha value is -0.820. The maximum Gasteiger partial charge on any atom is 0.0540 e. The normalized spacial score (nSPS) is 22.6. The van der Waals surface area contributed by atoms with Crippen molar-refractivity contribution in [1.29, 1.82) is 0 Å². The molecule has 1 aromatic heterocycles. The van der Waals surface area contributed by atoms with Crippen LogP contribution in [0.15, 0.2) is 11.4 Å². The van der Waals surface area contributed by atoms with Gasteiger partial charge in [-0.1, -0.05) is 18.8 Å². The van der Waals surface area contributed by atoms with Crippen molar-refractivity contribution in [2.45, 2.75) is 51.6 Å². The SMILES string of the molecule is CC1CCC(N(C)Cc2cc(C#CCCO)cs2)CC1. The maximum absolute atomic E-state index is 8.72. The monoisotopic (exact) mass is 291 g/mol. The zero-order valence-corrected chi connectivity index (χ0v) is 13.4. The van der Waals surface area contributed by atoms with Crippen LogP contribution in [0.2, 0.25) is 0 Å². The Morgan fingerprint density at radius 2 is 2.10 bits per heavy atom. The lowest BCUT2D eigenvalue weighted by molar-refractivity contribution is 0.165. The Morgan fingerprint density at radius 1 is 1.35 bits per heavy atom. The summed E-state index contributed by atoms with van der Waals surface area (Å²) in [5.74, 6) is 7.00. The molecule has 0 bridgehead atoms. The lowest BCUT2D eigenvalue weighted by Crippen LogP contribution is -2.34. The van der Waals surface area contributed by atoms with Crippen LogP contribution in [-0.2, 0) is 6.54 Å². The van der Waals surface area contributed by atoms with Crippen molar-refractivity contribution in [2.24, 2.45) is 5.92 Å². The molecule has 0 amide bonds. The van der Waals surface area contributed by atoms with Gasteiger partial charge in [-0.2, -0.15) is 0 Å². The summed E-state index contributed by atoms with van der Waals surface area (Å²) in [6.07, 6.45) is 5.98. The Labute approximate surface area is 126 Å². The topological polar surface area (TPSA) is 23.5 Å². The van der Waals surface area contributed by atoms with Crippen molar-refractivity contribution in [2.75, 3.05) is 13.7 Å². The van der Waals surface area contributed by atoms with Gasteiger partial charge in [-0.15, -0.1) is 11.3 Å². The third-order valence-corrected chi connectivity index (χ3v) is 5.06. The van der Waals surface area contributed by atoms with Gasteiger partial charge in [-0.3, -0.25) is 4.90 Å². The van der Waals surface area contributed by atoms with Crippen molar-refractivity contribution in [3.05, 3.63) is 21.9 Å². The van der Waals surface area contributed by atoms with Gasteiger partial charge in [0.15, 0.2) is 0 Å². The predicted molar refractivity (Wildman–Crippen MR) is 85.8 cm³/mol. The first-order valence-electron chi connectivity index (χ1n) is 7.56. The molecule has 1 aliphatic carbocycles. The van der Waals surface area contributed by atoms with E-state index < -0.39 is 0 Å². The van der Waals surface area contributed by atoms with Crippen LogP contribution in [0.25, 0.3) is 0 Å². The molecule has 110 valence electrons. The third kappa shape index (κ3) is 4.63. The van der Waals surface area contributed by atoms with Crippen molar-refractivity contribution in [3.8, 4) is 11.8 Å². The molecular formula is C17H25NOS. The first kappa shape index (κ1) is 15.6. The minimum atomic E-state index is 0.146. The number of hydrogen-bond acceptors (Lipinski definition) is 3. The van der Waals surface area contributed by atoms with E-state index in [-0.39, 0.29) is 6.61 Å². The average Bonchev–Trinajstić information content (AvgIpc) is 2.87. The van der Waals surface area contributed by atoms with E-state index in [4.69, 9.17) is 5.11 Å². The van der Waals surface area contributed by atoms with Crippen LogP contribution in [0, 0.1) is 17.8 Å². The molecule has 3 heteroatoms. The van der Waals surface area contributed by atoms with Gasteiger partial charge in [0.2, 0.25) is 0 Å². The summed E-state index contributed by atoms with van der Waals surface area (Å²) in [4.78, 5) is 3.89. The van der Waals surface area contributed by atoms with Gasteiger partial charge in [0.25, 0.3) is 0 Å². The second kappa shape index (κ2) is 7.83. The summed E-state index contributed by atoms with van der Waals surface area (Å²) in [5.41, 5.74) is 1.09. The molecular weight excluding hydrogens is 266 g/mol. The fraction of sp³-hybridized carbons (Fsp3) is 0.647. The minimum absolute atomic E-state index is 0.146. The highest BCUT2D eigenvalue weighted by Crippen LogP contribution is 2.28. The van der Waals surface area contributed by atoms with Crippen LogP contribution >= 0.6 is 11.3 Å². The lowest BCUT2D eigenvalue weighted by atomic mass is 9.87.